The fourth-order valence-electron chi connectivity index (χ4n) is 3.79. The van der Waals surface area contributed by atoms with Gasteiger partial charge in [0.1, 0.15) is 5.82 Å². The molecule has 1 heterocycles. The van der Waals surface area contributed by atoms with Gasteiger partial charge in [-0.25, -0.2) is 4.98 Å². The molecule has 0 radical (unpaired) electrons. The predicted molar refractivity (Wildman–Crippen MR) is 128 cm³/mol. The van der Waals surface area contributed by atoms with Gasteiger partial charge in [-0.05, 0) is 53.8 Å². The first-order chi connectivity index (χ1) is 14.7. The fraction of sp³-hybridized carbons (Fsp3) is 0.192. The number of aromatic amines is 1. The number of rotatable bonds is 7. The monoisotopic (exact) mass is 415 g/mol. The van der Waals surface area contributed by atoms with Crippen LogP contribution in [0.5, 0.6) is 0 Å². The van der Waals surface area contributed by atoms with Gasteiger partial charge in [0.2, 0.25) is 0 Å². The predicted octanol–water partition coefficient (Wildman–Crippen LogP) is 7.66. The number of hydrogen-bond donors (Lipinski definition) is 2. The van der Waals surface area contributed by atoms with Gasteiger partial charge in [-0.1, -0.05) is 74.3 Å². The number of nitrogens with one attached hydrogen (secondary N) is 2. The second kappa shape index (κ2) is 9.19. The van der Waals surface area contributed by atoms with E-state index in [4.69, 9.17) is 11.6 Å². The Balaban J connectivity index is 1.66. The van der Waals surface area contributed by atoms with E-state index in [1.54, 1.807) is 0 Å². The third-order valence-corrected chi connectivity index (χ3v) is 5.64. The first kappa shape index (κ1) is 20.2. The molecule has 3 aromatic carbocycles. The van der Waals surface area contributed by atoms with Crippen molar-refractivity contribution in [2.75, 3.05) is 5.32 Å². The van der Waals surface area contributed by atoms with Gasteiger partial charge in [-0.2, -0.15) is 0 Å². The maximum atomic E-state index is 6.53. The van der Waals surface area contributed by atoms with Crippen LogP contribution < -0.4 is 5.32 Å². The van der Waals surface area contributed by atoms with E-state index in [-0.39, 0.29) is 0 Å². The minimum atomic E-state index is 0.672. The molecule has 0 saturated heterocycles. The summed E-state index contributed by atoms with van der Waals surface area (Å²) < 4.78 is 0. The molecule has 152 valence electrons. The van der Waals surface area contributed by atoms with Crippen molar-refractivity contribution in [1.82, 2.24) is 9.97 Å². The number of anilines is 2. The van der Waals surface area contributed by atoms with Gasteiger partial charge >= 0.3 is 0 Å². The summed E-state index contributed by atoms with van der Waals surface area (Å²) in [6, 6.07) is 22.7. The Kier molecular flexibility index (Phi) is 6.20. The maximum absolute atomic E-state index is 6.53. The highest BCUT2D eigenvalue weighted by atomic mass is 35.5. The molecule has 0 saturated carbocycles. The van der Waals surface area contributed by atoms with Crippen LogP contribution in [0.15, 0.2) is 72.9 Å². The molecule has 0 unspecified atom stereocenters. The quantitative estimate of drug-likeness (QED) is 0.325. The SMILES string of the molecule is CCCc1c(CC)cccc1Nc1ccc(Cl)c(-c2ncc(-c3ccccc3)[nH]2)c1. The third kappa shape index (κ3) is 4.27. The normalized spacial score (nSPS) is 10.9. The molecule has 2 N–H and O–H groups in total. The van der Waals surface area contributed by atoms with Crippen LogP contribution >= 0.6 is 11.6 Å². The van der Waals surface area contributed by atoms with Gasteiger partial charge in [0.25, 0.3) is 0 Å². The number of imidazole rings is 1. The summed E-state index contributed by atoms with van der Waals surface area (Å²) in [6.07, 6.45) is 5.06. The second-order valence-electron chi connectivity index (χ2n) is 7.38. The lowest BCUT2D eigenvalue weighted by Crippen LogP contribution is -2.00. The molecule has 0 atom stereocenters. The molecule has 4 aromatic rings. The molecular weight excluding hydrogens is 390 g/mol. The third-order valence-electron chi connectivity index (χ3n) is 5.32. The molecule has 30 heavy (non-hydrogen) atoms. The zero-order valence-corrected chi connectivity index (χ0v) is 18.1. The lowest BCUT2D eigenvalue weighted by atomic mass is 9.99. The van der Waals surface area contributed by atoms with Gasteiger partial charge in [0.05, 0.1) is 16.9 Å². The molecule has 0 aliphatic carbocycles. The van der Waals surface area contributed by atoms with Crippen LogP contribution in [0.3, 0.4) is 0 Å². The first-order valence-corrected chi connectivity index (χ1v) is 10.9. The largest absolute Gasteiger partial charge is 0.355 e. The first-order valence-electron chi connectivity index (χ1n) is 10.5. The molecule has 0 aliphatic heterocycles. The van der Waals surface area contributed by atoms with E-state index in [1.807, 2.05) is 36.5 Å². The van der Waals surface area contributed by atoms with Crippen LogP contribution in [0.25, 0.3) is 22.6 Å². The van der Waals surface area contributed by atoms with Crippen molar-refractivity contribution < 1.29 is 0 Å². The Hall–Kier alpha value is -3.04. The summed E-state index contributed by atoms with van der Waals surface area (Å²) in [4.78, 5) is 7.98. The summed E-state index contributed by atoms with van der Waals surface area (Å²) >= 11 is 6.53. The van der Waals surface area contributed by atoms with E-state index < -0.39 is 0 Å². The Morgan fingerprint density at radius 3 is 2.57 bits per heavy atom. The van der Waals surface area contributed by atoms with Gasteiger partial charge in [-0.15, -0.1) is 0 Å². The summed E-state index contributed by atoms with van der Waals surface area (Å²) in [7, 11) is 0. The molecule has 0 amide bonds. The molecular formula is C26H26ClN3. The zero-order valence-electron chi connectivity index (χ0n) is 17.4. The Bertz CT molecular complexity index is 1130. The topological polar surface area (TPSA) is 40.7 Å². The highest BCUT2D eigenvalue weighted by molar-refractivity contribution is 6.33. The highest BCUT2D eigenvalue weighted by Gasteiger charge is 2.12. The summed E-state index contributed by atoms with van der Waals surface area (Å²) in [5.74, 6) is 0.763. The Labute approximate surface area is 183 Å². The summed E-state index contributed by atoms with van der Waals surface area (Å²) in [5, 5.41) is 4.28. The van der Waals surface area contributed by atoms with Crippen molar-refractivity contribution in [2.24, 2.45) is 0 Å². The molecule has 1 aromatic heterocycles. The Morgan fingerprint density at radius 1 is 0.967 bits per heavy atom. The molecule has 3 nitrogen and oxygen atoms in total. The van der Waals surface area contributed by atoms with Gasteiger partial charge in [0, 0.05) is 16.9 Å². The van der Waals surface area contributed by atoms with Crippen LogP contribution in [0.4, 0.5) is 11.4 Å². The second-order valence-corrected chi connectivity index (χ2v) is 7.79. The zero-order chi connectivity index (χ0) is 20.9. The lowest BCUT2D eigenvalue weighted by Gasteiger charge is -2.16. The van der Waals surface area contributed by atoms with Crippen molar-refractivity contribution in [3.8, 4) is 22.6 Å². The van der Waals surface area contributed by atoms with E-state index in [0.29, 0.717) is 5.02 Å². The van der Waals surface area contributed by atoms with Crippen LogP contribution in [0, 0.1) is 0 Å². The van der Waals surface area contributed by atoms with E-state index in [0.717, 1.165) is 53.3 Å². The number of aromatic nitrogens is 2. The van der Waals surface area contributed by atoms with Gasteiger partial charge in [0.15, 0.2) is 0 Å². The van der Waals surface area contributed by atoms with Gasteiger partial charge in [-0.3, -0.25) is 0 Å². The van der Waals surface area contributed by atoms with Crippen LogP contribution in [-0.2, 0) is 12.8 Å². The molecule has 0 fully saturated rings. The minimum Gasteiger partial charge on any atom is -0.355 e. The van der Waals surface area contributed by atoms with E-state index in [2.05, 4.69) is 65.5 Å². The van der Waals surface area contributed by atoms with Crippen LogP contribution in [0.2, 0.25) is 5.02 Å². The van der Waals surface area contributed by atoms with Crippen molar-refractivity contribution in [1.29, 1.82) is 0 Å². The molecule has 0 spiro atoms. The van der Waals surface area contributed by atoms with E-state index in [1.165, 1.54) is 11.1 Å². The van der Waals surface area contributed by atoms with Crippen molar-refractivity contribution in [3.63, 3.8) is 0 Å². The number of aryl methyl sites for hydroxylation is 1. The smallest absolute Gasteiger partial charge is 0.139 e. The summed E-state index contributed by atoms with van der Waals surface area (Å²) in [6.45, 7) is 4.43. The number of nitrogens with zero attached hydrogens (tertiary/aromatic N) is 1. The average Bonchev–Trinajstić information content (AvgIpc) is 3.27. The van der Waals surface area contributed by atoms with Crippen LogP contribution in [0.1, 0.15) is 31.4 Å². The van der Waals surface area contributed by atoms with E-state index >= 15 is 0 Å². The number of hydrogen-bond acceptors (Lipinski definition) is 2. The van der Waals surface area contributed by atoms with Crippen molar-refractivity contribution >= 4 is 23.0 Å². The highest BCUT2D eigenvalue weighted by Crippen LogP contribution is 2.33. The van der Waals surface area contributed by atoms with Crippen molar-refractivity contribution in [3.05, 3.63) is 89.1 Å². The van der Waals surface area contributed by atoms with Crippen molar-refractivity contribution in [2.45, 2.75) is 33.1 Å². The molecule has 4 heteroatoms. The van der Waals surface area contributed by atoms with Gasteiger partial charge < -0.3 is 10.3 Å². The lowest BCUT2D eigenvalue weighted by molar-refractivity contribution is 0.901. The van der Waals surface area contributed by atoms with Crippen LogP contribution in [-0.4, -0.2) is 9.97 Å². The Morgan fingerprint density at radius 2 is 1.80 bits per heavy atom. The summed E-state index contributed by atoms with van der Waals surface area (Å²) in [5.41, 5.74) is 7.90. The minimum absolute atomic E-state index is 0.672. The molecule has 0 bridgehead atoms. The number of halogens is 1. The fourth-order valence-corrected chi connectivity index (χ4v) is 4.00. The molecule has 4 rings (SSSR count). The average molecular weight is 416 g/mol. The molecule has 0 aliphatic rings. The standard InChI is InChI=1S/C26H26ClN3/c1-3-9-21-18(4-2)12-8-13-24(21)29-20-14-15-23(27)22(16-20)26-28-17-25(30-26)19-10-6-5-7-11-19/h5-8,10-17,29H,3-4,9H2,1-2H3,(H,28,30). The number of benzene rings is 3. The maximum Gasteiger partial charge on any atom is 0.139 e. The van der Waals surface area contributed by atoms with E-state index in [9.17, 15) is 0 Å². The number of H-pyrrole nitrogens is 1.